The number of aromatic nitrogens is 2. The van der Waals surface area contributed by atoms with Crippen LogP contribution < -0.4 is 5.32 Å². The van der Waals surface area contributed by atoms with Crippen LogP contribution in [0.25, 0.3) is 0 Å². The van der Waals surface area contributed by atoms with Crippen molar-refractivity contribution >= 4 is 29.1 Å². The molecule has 2 rings (SSSR count). The highest BCUT2D eigenvalue weighted by molar-refractivity contribution is 6.35. The summed E-state index contributed by atoms with van der Waals surface area (Å²) in [6.07, 6.45) is 0.638. The average Bonchev–Trinajstić information content (AvgIpc) is 2.81. The number of carbonyl (C=O) groups excluding carboxylic acids is 1. The molecule has 1 atom stereocenters. The highest BCUT2D eigenvalue weighted by Gasteiger charge is 2.19. The lowest BCUT2D eigenvalue weighted by Crippen LogP contribution is -2.28. The van der Waals surface area contributed by atoms with E-state index in [1.165, 1.54) is 0 Å². The van der Waals surface area contributed by atoms with E-state index in [1.807, 2.05) is 6.92 Å². The van der Waals surface area contributed by atoms with Gasteiger partial charge in [0.15, 0.2) is 5.82 Å². The molecule has 1 N–H and O–H groups in total. The number of nitrogens with zero attached hydrogens (tertiary/aromatic N) is 2. The van der Waals surface area contributed by atoms with Crippen molar-refractivity contribution < 1.29 is 9.32 Å². The van der Waals surface area contributed by atoms with Crippen LogP contribution in [0.2, 0.25) is 10.0 Å². The second-order valence-corrected chi connectivity index (χ2v) is 5.14. The first-order valence-corrected chi connectivity index (χ1v) is 6.82. The van der Waals surface area contributed by atoms with Gasteiger partial charge in [0.05, 0.1) is 6.04 Å². The molecule has 0 saturated heterocycles. The van der Waals surface area contributed by atoms with Gasteiger partial charge in [0, 0.05) is 22.5 Å². The minimum Gasteiger partial charge on any atom is -0.342 e. The molecule has 1 heterocycles. The lowest BCUT2D eigenvalue weighted by molar-refractivity contribution is 0.0933. The van der Waals surface area contributed by atoms with E-state index in [2.05, 4.69) is 15.5 Å². The summed E-state index contributed by atoms with van der Waals surface area (Å²) >= 11 is 11.8. The molecule has 106 valence electrons. The maximum atomic E-state index is 12.2. The van der Waals surface area contributed by atoms with Crippen LogP contribution in [0.1, 0.15) is 41.5 Å². The normalized spacial score (nSPS) is 12.2. The summed E-state index contributed by atoms with van der Waals surface area (Å²) in [7, 11) is 0. The molecule has 0 saturated carbocycles. The molecule has 7 heteroatoms. The molecule has 2 aromatic rings. The van der Waals surface area contributed by atoms with Crippen molar-refractivity contribution in [1.82, 2.24) is 15.5 Å². The van der Waals surface area contributed by atoms with Gasteiger partial charge in [0.1, 0.15) is 0 Å². The molecule has 0 bridgehead atoms. The van der Waals surface area contributed by atoms with Crippen molar-refractivity contribution in [2.75, 3.05) is 0 Å². The zero-order chi connectivity index (χ0) is 14.7. The standard InChI is InChI=1S/C13H13Cl2N3O2/c1-3-11(12-16-7(2)20-18-12)17-13(19)8-4-9(14)6-10(15)5-8/h4-6,11H,3H2,1-2H3,(H,17,19)/t11-/m1/s1. The third-order valence-corrected chi connectivity index (χ3v) is 3.13. The number of hydrogen-bond donors (Lipinski definition) is 1. The largest absolute Gasteiger partial charge is 0.342 e. The van der Waals surface area contributed by atoms with Gasteiger partial charge in [0.25, 0.3) is 5.91 Å². The molecule has 5 nitrogen and oxygen atoms in total. The Morgan fingerprint density at radius 2 is 2.00 bits per heavy atom. The fraction of sp³-hybridized carbons (Fsp3) is 0.308. The molecule has 0 unspecified atom stereocenters. The van der Waals surface area contributed by atoms with Crippen LogP contribution in [0.15, 0.2) is 22.7 Å². The van der Waals surface area contributed by atoms with Crippen molar-refractivity contribution in [2.45, 2.75) is 26.3 Å². The summed E-state index contributed by atoms with van der Waals surface area (Å²) in [5, 5.41) is 7.46. The minimum atomic E-state index is -0.322. The zero-order valence-corrected chi connectivity index (χ0v) is 12.5. The Morgan fingerprint density at radius 1 is 1.35 bits per heavy atom. The molecule has 1 aromatic heterocycles. The van der Waals surface area contributed by atoms with E-state index in [9.17, 15) is 4.79 Å². The molecule has 0 aliphatic carbocycles. The number of benzene rings is 1. The van der Waals surface area contributed by atoms with Crippen LogP contribution >= 0.6 is 23.2 Å². The average molecular weight is 314 g/mol. The smallest absolute Gasteiger partial charge is 0.251 e. The lowest BCUT2D eigenvalue weighted by Gasteiger charge is -2.13. The van der Waals surface area contributed by atoms with E-state index >= 15 is 0 Å². The van der Waals surface area contributed by atoms with Crippen molar-refractivity contribution in [3.05, 3.63) is 45.5 Å². The Balaban J connectivity index is 2.17. The first-order valence-electron chi connectivity index (χ1n) is 6.06. The second-order valence-electron chi connectivity index (χ2n) is 4.26. The van der Waals surface area contributed by atoms with E-state index in [0.29, 0.717) is 33.7 Å². The topological polar surface area (TPSA) is 68.0 Å². The first kappa shape index (κ1) is 14.8. The van der Waals surface area contributed by atoms with Crippen LogP contribution in [0, 0.1) is 6.92 Å². The molecule has 1 aromatic carbocycles. The van der Waals surface area contributed by atoms with Gasteiger partial charge in [-0.25, -0.2) is 0 Å². The molecule has 0 aliphatic heterocycles. The van der Waals surface area contributed by atoms with Gasteiger partial charge >= 0.3 is 0 Å². The molecule has 0 aliphatic rings. The van der Waals surface area contributed by atoms with Crippen LogP contribution in [0.3, 0.4) is 0 Å². The third-order valence-electron chi connectivity index (χ3n) is 2.69. The summed E-state index contributed by atoms with van der Waals surface area (Å²) in [5.74, 6) is 0.619. The maximum absolute atomic E-state index is 12.2. The number of amides is 1. The predicted molar refractivity (Wildman–Crippen MR) is 76.0 cm³/mol. The van der Waals surface area contributed by atoms with E-state index in [4.69, 9.17) is 27.7 Å². The SMILES string of the molecule is CC[C@@H](NC(=O)c1cc(Cl)cc(Cl)c1)c1noc(C)n1. The number of carbonyl (C=O) groups is 1. The molecular formula is C13H13Cl2N3O2. The Hall–Kier alpha value is -1.59. The Morgan fingerprint density at radius 3 is 2.50 bits per heavy atom. The van der Waals surface area contributed by atoms with Crippen LogP contribution in [0.5, 0.6) is 0 Å². The summed E-state index contributed by atoms with van der Waals surface area (Å²) in [6.45, 7) is 3.61. The minimum absolute atomic E-state index is 0.288. The summed E-state index contributed by atoms with van der Waals surface area (Å²) in [6, 6.07) is 4.35. The van der Waals surface area contributed by atoms with Gasteiger partial charge in [-0.1, -0.05) is 35.3 Å². The summed E-state index contributed by atoms with van der Waals surface area (Å²) < 4.78 is 4.92. The lowest BCUT2D eigenvalue weighted by atomic mass is 10.1. The van der Waals surface area contributed by atoms with E-state index in [0.717, 1.165) is 0 Å². The molecule has 0 spiro atoms. The van der Waals surface area contributed by atoms with Gasteiger partial charge in [-0.05, 0) is 24.6 Å². The highest BCUT2D eigenvalue weighted by Crippen LogP contribution is 2.20. The molecule has 0 radical (unpaired) electrons. The zero-order valence-electron chi connectivity index (χ0n) is 11.0. The fourth-order valence-electron chi connectivity index (χ4n) is 1.73. The van der Waals surface area contributed by atoms with Gasteiger partial charge in [-0.3, -0.25) is 4.79 Å². The number of rotatable bonds is 4. The van der Waals surface area contributed by atoms with Crippen LogP contribution in [-0.4, -0.2) is 16.0 Å². The van der Waals surface area contributed by atoms with Crippen molar-refractivity contribution in [1.29, 1.82) is 0 Å². The highest BCUT2D eigenvalue weighted by atomic mass is 35.5. The second kappa shape index (κ2) is 6.24. The van der Waals surface area contributed by atoms with Gasteiger partial charge in [-0.2, -0.15) is 4.98 Å². The van der Waals surface area contributed by atoms with Gasteiger partial charge in [-0.15, -0.1) is 0 Å². The Kier molecular flexibility index (Phi) is 4.62. The molecule has 20 heavy (non-hydrogen) atoms. The van der Waals surface area contributed by atoms with E-state index in [-0.39, 0.29) is 11.9 Å². The Labute approximate surface area is 126 Å². The number of hydrogen-bond acceptors (Lipinski definition) is 4. The van der Waals surface area contributed by atoms with Crippen molar-refractivity contribution in [3.8, 4) is 0 Å². The van der Waals surface area contributed by atoms with Crippen LogP contribution in [0.4, 0.5) is 0 Å². The van der Waals surface area contributed by atoms with Crippen LogP contribution in [-0.2, 0) is 0 Å². The van der Waals surface area contributed by atoms with Crippen molar-refractivity contribution in [2.24, 2.45) is 0 Å². The van der Waals surface area contributed by atoms with Gasteiger partial charge < -0.3 is 9.84 Å². The third kappa shape index (κ3) is 3.49. The monoisotopic (exact) mass is 313 g/mol. The van der Waals surface area contributed by atoms with Gasteiger partial charge in [0.2, 0.25) is 5.89 Å². The quantitative estimate of drug-likeness (QED) is 0.937. The molecule has 1 amide bonds. The van der Waals surface area contributed by atoms with E-state index < -0.39 is 0 Å². The maximum Gasteiger partial charge on any atom is 0.251 e. The molecular weight excluding hydrogens is 301 g/mol. The fourth-order valence-corrected chi connectivity index (χ4v) is 2.26. The van der Waals surface area contributed by atoms with E-state index in [1.54, 1.807) is 25.1 Å². The number of halogens is 2. The number of nitrogens with one attached hydrogen (secondary N) is 1. The summed E-state index contributed by atoms with van der Waals surface area (Å²) in [4.78, 5) is 16.3. The van der Waals surface area contributed by atoms with Crippen molar-refractivity contribution in [3.63, 3.8) is 0 Å². The predicted octanol–water partition coefficient (Wildman–Crippen LogP) is 3.57. The molecule has 0 fully saturated rings. The first-order chi connectivity index (χ1) is 9.49. The summed E-state index contributed by atoms with van der Waals surface area (Å²) in [5.41, 5.74) is 0.390. The Bertz CT molecular complexity index is 608. The number of aryl methyl sites for hydroxylation is 1.